The minimum atomic E-state index is -0.756. The van der Waals surface area contributed by atoms with Gasteiger partial charge in [0, 0.05) is 0 Å². The Morgan fingerprint density at radius 1 is 1.11 bits per heavy atom. The number of ether oxygens (including phenoxy) is 3. The van der Waals surface area contributed by atoms with Gasteiger partial charge in [-0.1, -0.05) is 75.1 Å². The minimum Gasteiger partial charge on any atom is -0.493 e. The highest BCUT2D eigenvalue weighted by atomic mass is 32.1. The first-order valence-electron chi connectivity index (χ1n) is 12.2. The molecule has 4 rings (SSSR count). The van der Waals surface area contributed by atoms with E-state index in [0.29, 0.717) is 32.1 Å². The fraction of sp³-hybridized carbons (Fsp3) is 0.300. The second-order valence-electron chi connectivity index (χ2n) is 9.96. The third kappa shape index (κ3) is 5.22. The van der Waals surface area contributed by atoms with Crippen molar-refractivity contribution in [2.75, 3.05) is 20.8 Å². The number of allylic oxidation sites excluding steroid dienone is 1. The van der Waals surface area contributed by atoms with Gasteiger partial charge in [0.15, 0.2) is 16.3 Å². The largest absolute Gasteiger partial charge is 0.493 e. The summed E-state index contributed by atoms with van der Waals surface area (Å²) in [4.78, 5) is 32.2. The Morgan fingerprint density at radius 3 is 2.39 bits per heavy atom. The highest BCUT2D eigenvalue weighted by molar-refractivity contribution is 7.07. The Morgan fingerprint density at radius 2 is 1.79 bits per heavy atom. The molecule has 0 fully saturated rings. The molecule has 0 spiro atoms. The summed E-state index contributed by atoms with van der Waals surface area (Å²) >= 11 is 1.29. The quantitative estimate of drug-likeness (QED) is 0.335. The molecule has 0 radical (unpaired) electrons. The summed E-state index contributed by atoms with van der Waals surface area (Å²) < 4.78 is 18.4. The summed E-state index contributed by atoms with van der Waals surface area (Å²) in [6.45, 7) is 11.9. The predicted octanol–water partition coefficient (Wildman–Crippen LogP) is 4.28. The van der Waals surface area contributed by atoms with Crippen molar-refractivity contribution in [1.82, 2.24) is 4.57 Å². The van der Waals surface area contributed by atoms with Crippen LogP contribution in [-0.4, -0.2) is 31.4 Å². The van der Waals surface area contributed by atoms with E-state index in [4.69, 9.17) is 14.2 Å². The molecule has 0 saturated heterocycles. The van der Waals surface area contributed by atoms with Crippen LogP contribution in [0.2, 0.25) is 0 Å². The van der Waals surface area contributed by atoms with Gasteiger partial charge >= 0.3 is 5.97 Å². The summed E-state index contributed by atoms with van der Waals surface area (Å²) in [5.74, 6) is 0.469. The third-order valence-corrected chi connectivity index (χ3v) is 7.35. The number of carbonyl (C=O) groups is 1. The number of hydrogen-bond acceptors (Lipinski definition) is 7. The number of hydrogen-bond donors (Lipinski definition) is 0. The minimum absolute atomic E-state index is 0.0332. The maximum atomic E-state index is 13.8. The Hall–Kier alpha value is -3.91. The maximum Gasteiger partial charge on any atom is 0.338 e. The fourth-order valence-corrected chi connectivity index (χ4v) is 5.41. The van der Waals surface area contributed by atoms with E-state index in [-0.39, 0.29) is 23.2 Å². The molecule has 7 nitrogen and oxygen atoms in total. The van der Waals surface area contributed by atoms with E-state index in [0.717, 1.165) is 5.56 Å². The first kappa shape index (κ1) is 27.1. The van der Waals surface area contributed by atoms with Gasteiger partial charge in [-0.05, 0) is 47.2 Å². The number of carbonyl (C=O) groups excluding carboxylic acids is 1. The van der Waals surface area contributed by atoms with Crippen LogP contribution in [0.15, 0.2) is 76.2 Å². The lowest BCUT2D eigenvalue weighted by atomic mass is 9.87. The van der Waals surface area contributed by atoms with Crippen LogP contribution < -0.4 is 24.4 Å². The van der Waals surface area contributed by atoms with E-state index in [2.05, 4.69) is 44.5 Å². The number of benzene rings is 2. The zero-order valence-electron chi connectivity index (χ0n) is 22.5. The molecule has 0 amide bonds. The van der Waals surface area contributed by atoms with Crippen molar-refractivity contribution in [2.24, 2.45) is 4.99 Å². The van der Waals surface area contributed by atoms with Gasteiger partial charge in [0.05, 0.1) is 36.1 Å². The average Bonchev–Trinajstić information content (AvgIpc) is 3.19. The highest BCUT2D eigenvalue weighted by Gasteiger charge is 2.34. The number of rotatable bonds is 7. The number of thiazole rings is 1. The van der Waals surface area contributed by atoms with E-state index < -0.39 is 12.0 Å². The predicted molar refractivity (Wildman–Crippen MR) is 150 cm³/mol. The summed E-state index contributed by atoms with van der Waals surface area (Å²) in [5.41, 5.74) is 3.36. The molecular weight excluding hydrogens is 500 g/mol. The lowest BCUT2D eigenvalue weighted by Gasteiger charge is -2.25. The van der Waals surface area contributed by atoms with Crippen LogP contribution in [0.25, 0.3) is 6.08 Å². The van der Waals surface area contributed by atoms with Gasteiger partial charge in [-0.15, -0.1) is 0 Å². The number of methoxy groups -OCH3 is 2. The molecule has 0 aliphatic carbocycles. The molecule has 2 heterocycles. The second kappa shape index (κ2) is 10.8. The van der Waals surface area contributed by atoms with Gasteiger partial charge in [-0.25, -0.2) is 9.79 Å². The van der Waals surface area contributed by atoms with E-state index in [1.54, 1.807) is 37.8 Å². The van der Waals surface area contributed by atoms with E-state index in [1.165, 1.54) is 23.0 Å². The van der Waals surface area contributed by atoms with Crippen LogP contribution in [0.4, 0.5) is 0 Å². The molecule has 1 aliphatic rings. The molecular formula is C30H32N2O5S. The first-order chi connectivity index (χ1) is 18.1. The average molecular weight is 533 g/mol. The molecule has 0 bridgehead atoms. The standard InChI is InChI=1S/C30H32N2O5S/c1-8-15-37-28(34)25-18(2)31-29-32(26(25)20-11-14-22(35-6)23(17-20)36-7)27(33)24(38-29)16-19-9-12-21(13-10-19)30(3,4)5/h8-14,16-17,26H,1,15H2,2-7H3/b24-16-/t26-/m1/s1. The maximum absolute atomic E-state index is 13.8. The molecule has 3 aromatic rings. The first-order valence-corrected chi connectivity index (χ1v) is 13.0. The smallest absolute Gasteiger partial charge is 0.338 e. The lowest BCUT2D eigenvalue weighted by Crippen LogP contribution is -2.40. The molecule has 198 valence electrons. The Labute approximate surface area is 226 Å². The summed E-state index contributed by atoms with van der Waals surface area (Å²) in [6, 6.07) is 12.7. The van der Waals surface area contributed by atoms with Crippen molar-refractivity contribution in [3.8, 4) is 11.5 Å². The molecule has 0 N–H and O–H groups in total. The number of fused-ring (bicyclic) bond motifs is 1. The van der Waals surface area contributed by atoms with Crippen LogP contribution in [0, 0.1) is 0 Å². The van der Waals surface area contributed by atoms with Crippen LogP contribution in [0.1, 0.15) is 50.4 Å². The van der Waals surface area contributed by atoms with Crippen molar-refractivity contribution < 1.29 is 19.0 Å². The highest BCUT2D eigenvalue weighted by Crippen LogP contribution is 2.36. The van der Waals surface area contributed by atoms with Gasteiger partial charge in [0.2, 0.25) is 0 Å². The fourth-order valence-electron chi connectivity index (χ4n) is 4.36. The Kier molecular flexibility index (Phi) is 7.73. The molecule has 1 atom stereocenters. The van der Waals surface area contributed by atoms with E-state index in [9.17, 15) is 9.59 Å². The lowest BCUT2D eigenvalue weighted by molar-refractivity contribution is -0.138. The molecule has 0 unspecified atom stereocenters. The topological polar surface area (TPSA) is 79.1 Å². The van der Waals surface area contributed by atoms with Gasteiger partial charge < -0.3 is 14.2 Å². The summed E-state index contributed by atoms with van der Waals surface area (Å²) in [7, 11) is 3.09. The van der Waals surface area contributed by atoms with Crippen LogP contribution in [-0.2, 0) is 14.9 Å². The number of esters is 1. The molecule has 38 heavy (non-hydrogen) atoms. The van der Waals surface area contributed by atoms with Crippen molar-refractivity contribution in [3.05, 3.63) is 103 Å². The Bertz CT molecular complexity index is 1590. The van der Waals surface area contributed by atoms with Crippen molar-refractivity contribution in [2.45, 2.75) is 39.2 Å². The summed E-state index contributed by atoms with van der Waals surface area (Å²) in [6.07, 6.45) is 3.36. The van der Waals surface area contributed by atoms with Gasteiger partial charge in [0.1, 0.15) is 6.61 Å². The normalized spacial score (nSPS) is 15.5. The third-order valence-electron chi connectivity index (χ3n) is 6.37. The van der Waals surface area contributed by atoms with E-state index >= 15 is 0 Å². The van der Waals surface area contributed by atoms with Crippen molar-refractivity contribution in [3.63, 3.8) is 0 Å². The molecule has 2 aromatic carbocycles. The van der Waals surface area contributed by atoms with Crippen LogP contribution in [0.3, 0.4) is 0 Å². The van der Waals surface area contributed by atoms with Gasteiger partial charge in [-0.3, -0.25) is 9.36 Å². The van der Waals surface area contributed by atoms with Gasteiger partial charge in [0.25, 0.3) is 5.56 Å². The Balaban J connectivity index is 1.91. The SMILES string of the molecule is C=CCOC(=O)C1=C(C)N=c2s/c(=C\c3ccc(C(C)(C)C)cc3)c(=O)n2[C@@H]1c1ccc(OC)c(OC)c1. The second-order valence-corrected chi connectivity index (χ2v) is 11.0. The van der Waals surface area contributed by atoms with Gasteiger partial charge in [-0.2, -0.15) is 0 Å². The molecule has 1 aromatic heterocycles. The number of aromatic nitrogens is 1. The molecule has 1 aliphatic heterocycles. The van der Waals surface area contributed by atoms with Crippen molar-refractivity contribution in [1.29, 1.82) is 0 Å². The zero-order chi connectivity index (χ0) is 27.6. The number of nitrogens with zero attached hydrogens (tertiary/aromatic N) is 2. The zero-order valence-corrected chi connectivity index (χ0v) is 23.3. The van der Waals surface area contributed by atoms with Crippen molar-refractivity contribution >= 4 is 23.4 Å². The van der Waals surface area contributed by atoms with E-state index in [1.807, 2.05) is 24.3 Å². The monoisotopic (exact) mass is 532 g/mol. The molecule has 8 heteroatoms. The van der Waals surface area contributed by atoms with Crippen LogP contribution in [0.5, 0.6) is 11.5 Å². The summed E-state index contributed by atoms with van der Waals surface area (Å²) in [5, 5.41) is 0. The van der Waals surface area contributed by atoms with Crippen LogP contribution >= 0.6 is 11.3 Å². The molecule has 0 saturated carbocycles.